The summed E-state index contributed by atoms with van der Waals surface area (Å²) in [6, 6.07) is 0. The van der Waals surface area contributed by atoms with Gasteiger partial charge in [0.25, 0.3) is 0 Å². The highest BCUT2D eigenvalue weighted by Gasteiger charge is 2.10. The van der Waals surface area contributed by atoms with E-state index in [-0.39, 0.29) is 0 Å². The van der Waals surface area contributed by atoms with Gasteiger partial charge in [-0.15, -0.1) is 0 Å². The third kappa shape index (κ3) is 1.76. The van der Waals surface area contributed by atoms with Gasteiger partial charge in [-0.2, -0.15) is 0 Å². The van der Waals surface area contributed by atoms with E-state index in [0.29, 0.717) is 0 Å². The Morgan fingerprint density at radius 2 is 1.67 bits per heavy atom. The summed E-state index contributed by atoms with van der Waals surface area (Å²) >= 11 is 0. The Kier molecular flexibility index (Phi) is 2.46. The Labute approximate surface area is 33.2 Å². The Morgan fingerprint density at radius 1 is 1.33 bits per heavy atom. The predicted molar refractivity (Wildman–Crippen MR) is 10.8 cm³/mol. The van der Waals surface area contributed by atoms with Gasteiger partial charge in [-0.25, -0.2) is 0 Å². The van der Waals surface area contributed by atoms with Crippen LogP contribution in [0.25, 0.3) is 0 Å². The molecule has 0 aliphatic rings. The first kappa shape index (κ1) is 5.48. The van der Waals surface area contributed by atoms with Gasteiger partial charge in [0.15, 0.2) is 0 Å². The van der Waals surface area contributed by atoms with Crippen LogP contribution in [-0.2, 0) is 13.7 Å². The monoisotopic (exact) mass is 114 g/mol. The van der Waals surface area contributed by atoms with Gasteiger partial charge in [-0.1, -0.05) is 0 Å². The second kappa shape index (κ2) is 2.70. The van der Waals surface area contributed by atoms with Crippen molar-refractivity contribution in [2.45, 2.75) is 0 Å². The molecule has 0 aliphatic heterocycles. The molecular weight excluding hydrogens is 114 g/mol. The van der Waals surface area contributed by atoms with E-state index >= 15 is 0 Å². The lowest BCUT2D eigenvalue weighted by Gasteiger charge is -1.74. The van der Waals surface area contributed by atoms with Crippen LogP contribution in [0.15, 0.2) is 0 Å². The summed E-state index contributed by atoms with van der Waals surface area (Å²) in [5.41, 5.74) is 0. The van der Waals surface area contributed by atoms with Gasteiger partial charge in [0.05, 0.1) is 0 Å². The Morgan fingerprint density at radius 3 is 1.67 bits per heavy atom. The van der Waals surface area contributed by atoms with Crippen molar-refractivity contribution in [2.24, 2.45) is 0 Å². The maximum atomic E-state index is 10.3. The number of halogens is 2. The Hall–Kier alpha value is -0.523. The van der Waals surface area contributed by atoms with Gasteiger partial charge in [0.2, 0.25) is 0 Å². The van der Waals surface area contributed by atoms with E-state index in [9.17, 15) is 13.5 Å². The molecule has 0 fully saturated rings. The molecular formula is F2O3Si. The minimum Gasteiger partial charge on any atom is -0.284 e. The average Bonchev–Trinajstić information content (AvgIpc) is 1.65. The van der Waals surface area contributed by atoms with Crippen LogP contribution in [-0.4, -0.2) is 9.17 Å². The van der Waals surface area contributed by atoms with E-state index in [1.807, 2.05) is 0 Å². The summed E-state index contributed by atoms with van der Waals surface area (Å²) in [6.45, 7) is 0. The van der Waals surface area contributed by atoms with Crippen molar-refractivity contribution < 1.29 is 22.8 Å². The third-order valence-electron chi connectivity index (χ3n) is 0.126. The molecule has 0 aliphatic carbocycles. The van der Waals surface area contributed by atoms with Crippen molar-refractivity contribution >= 4 is 9.17 Å². The molecule has 0 heterocycles. The minimum absolute atomic E-state index is 2.35. The molecule has 0 aromatic heterocycles. The molecule has 6 heavy (non-hydrogen) atoms. The highest BCUT2D eigenvalue weighted by Crippen LogP contribution is 1.76. The van der Waals surface area contributed by atoms with Crippen molar-refractivity contribution in [3.8, 4) is 0 Å². The summed E-state index contributed by atoms with van der Waals surface area (Å²) in [6.07, 6.45) is 0. The molecule has 0 saturated carbocycles. The highest BCUT2D eigenvalue weighted by atomic mass is 28.3. The molecule has 0 unspecified atom stereocenters. The highest BCUT2D eigenvalue weighted by molar-refractivity contribution is 6.25. The Bertz CT molecular complexity index is 46.8. The summed E-state index contributed by atoms with van der Waals surface area (Å²) in [4.78, 5) is 0. The molecule has 0 N–H and O–H groups in total. The lowest BCUT2D eigenvalue weighted by atomic mass is 15.5. The van der Waals surface area contributed by atoms with E-state index in [0.717, 1.165) is 0 Å². The minimum atomic E-state index is -3.45. The van der Waals surface area contributed by atoms with Crippen LogP contribution in [0.2, 0.25) is 0 Å². The smallest absolute Gasteiger partial charge is 0.284 e. The summed E-state index contributed by atoms with van der Waals surface area (Å²) in [7, 11) is -3.45. The molecule has 6 heteroatoms. The van der Waals surface area contributed by atoms with Crippen molar-refractivity contribution in [1.82, 2.24) is 0 Å². The lowest BCUT2D eigenvalue weighted by Crippen LogP contribution is -1.98. The van der Waals surface area contributed by atoms with Crippen molar-refractivity contribution in [1.29, 1.82) is 0 Å². The molecule has 0 aromatic rings. The van der Waals surface area contributed by atoms with Crippen LogP contribution in [0.3, 0.4) is 0 Å². The third-order valence-corrected chi connectivity index (χ3v) is 0.378. The molecule has 0 saturated heterocycles. The number of hydrogen-bond acceptors (Lipinski definition) is 3. The molecule has 0 spiro atoms. The van der Waals surface area contributed by atoms with Gasteiger partial charge >= 0.3 is 9.17 Å². The van der Waals surface area contributed by atoms with E-state index in [2.05, 4.69) is 9.26 Å². The van der Waals surface area contributed by atoms with Gasteiger partial charge in [-0.3, -0.25) is 13.7 Å². The predicted octanol–water partition coefficient (Wildman–Crippen LogP) is 0.204. The van der Waals surface area contributed by atoms with E-state index in [4.69, 9.17) is 0 Å². The van der Waals surface area contributed by atoms with Crippen LogP contribution in [0, 0.1) is 0 Å². The van der Waals surface area contributed by atoms with Crippen LogP contribution >= 0.6 is 0 Å². The molecule has 0 amide bonds. The van der Waals surface area contributed by atoms with Crippen molar-refractivity contribution in [2.75, 3.05) is 0 Å². The van der Waals surface area contributed by atoms with Crippen molar-refractivity contribution in [3.05, 3.63) is 0 Å². The lowest BCUT2D eigenvalue weighted by molar-refractivity contribution is -0.114. The molecule has 0 radical (unpaired) electrons. The van der Waals surface area contributed by atoms with E-state index in [1.54, 1.807) is 0 Å². The average molecular weight is 114 g/mol. The molecule has 0 atom stereocenters. The second-order valence-electron chi connectivity index (χ2n) is 0.404. The largest absolute Gasteiger partial charge is 0.844 e. The number of rotatable bonds is 2. The van der Waals surface area contributed by atoms with Gasteiger partial charge in [0.1, 0.15) is 0 Å². The first-order valence-corrected chi connectivity index (χ1v) is 2.15. The zero-order valence-electron chi connectivity index (χ0n) is 2.48. The van der Waals surface area contributed by atoms with Crippen LogP contribution in [0.4, 0.5) is 9.05 Å². The molecule has 0 aromatic carbocycles. The zero-order chi connectivity index (χ0) is 4.99. The van der Waals surface area contributed by atoms with Crippen molar-refractivity contribution in [3.63, 3.8) is 0 Å². The normalized spacial score (nSPS) is 7.00. The summed E-state index contributed by atoms with van der Waals surface area (Å²) in [5, 5.41) is 0. The SMILES string of the molecule is O=[Si](OF)OF. The summed E-state index contributed by atoms with van der Waals surface area (Å²) in [5.74, 6) is 0. The van der Waals surface area contributed by atoms with Gasteiger partial charge in [0, 0.05) is 9.05 Å². The fourth-order valence-electron chi connectivity index (χ4n) is 0.0119. The first-order valence-electron chi connectivity index (χ1n) is 0.921. The fourth-order valence-corrected chi connectivity index (χ4v) is 0.0357. The topological polar surface area (TPSA) is 35.5 Å². The fraction of sp³-hybridized carbons (Fsp3) is 0. The van der Waals surface area contributed by atoms with Crippen LogP contribution in [0.5, 0.6) is 0 Å². The van der Waals surface area contributed by atoms with E-state index < -0.39 is 9.17 Å². The summed E-state index contributed by atoms with van der Waals surface area (Å²) < 4.78 is 34.4. The second-order valence-corrected chi connectivity index (χ2v) is 1.21. The van der Waals surface area contributed by atoms with Crippen LogP contribution < -0.4 is 0 Å². The van der Waals surface area contributed by atoms with Gasteiger partial charge in [-0.05, 0) is 0 Å². The Balaban J connectivity index is 2.99. The van der Waals surface area contributed by atoms with Crippen LogP contribution in [0.1, 0.15) is 0 Å². The molecule has 3 nitrogen and oxygen atoms in total. The maximum absolute atomic E-state index is 10.3. The maximum Gasteiger partial charge on any atom is 0.844 e. The first-order chi connectivity index (χ1) is 2.81. The molecule has 0 rings (SSSR count). The zero-order valence-corrected chi connectivity index (χ0v) is 3.48. The van der Waals surface area contributed by atoms with E-state index in [1.165, 1.54) is 0 Å². The molecule has 0 bridgehead atoms. The number of hydrogen-bond donors (Lipinski definition) is 0. The standard InChI is InChI=1S/F2O3Si/c1-4-6(3)5-2. The van der Waals surface area contributed by atoms with Gasteiger partial charge < -0.3 is 0 Å². The quantitative estimate of drug-likeness (QED) is 0.481. The molecule has 36 valence electrons.